The third-order valence-electron chi connectivity index (χ3n) is 2.49. The lowest BCUT2D eigenvalue weighted by Gasteiger charge is -2.35. The second-order valence-corrected chi connectivity index (χ2v) is 4.05. The number of likely N-dealkylation sites (tertiary alicyclic amines) is 1. The van der Waals surface area contributed by atoms with E-state index in [-0.39, 0.29) is 18.9 Å². The van der Waals surface area contributed by atoms with Crippen LogP contribution in [0.1, 0.15) is 19.3 Å². The summed E-state index contributed by atoms with van der Waals surface area (Å²) in [6, 6.07) is -0.791. The first-order valence-corrected chi connectivity index (χ1v) is 5.50. The Morgan fingerprint density at radius 3 is 2.60 bits per heavy atom. The van der Waals surface area contributed by atoms with Gasteiger partial charge in [-0.3, -0.25) is 4.79 Å². The number of carbonyl (C=O) groups excluding carboxylic acids is 1. The van der Waals surface area contributed by atoms with Gasteiger partial charge in [-0.2, -0.15) is 12.6 Å². The zero-order valence-corrected chi connectivity index (χ0v) is 9.19. The van der Waals surface area contributed by atoms with Gasteiger partial charge in [-0.25, -0.2) is 4.79 Å². The van der Waals surface area contributed by atoms with E-state index in [1.807, 2.05) is 0 Å². The van der Waals surface area contributed by atoms with Gasteiger partial charge in [0.2, 0.25) is 5.91 Å². The Bertz CT molecular complexity index is 258. The van der Waals surface area contributed by atoms with Gasteiger partial charge in [0.05, 0.1) is 6.10 Å². The predicted octanol–water partition coefficient (Wildman–Crippen LogP) is -0.257. The number of carboxylic acids is 1. The number of aliphatic carboxylic acids is 1. The van der Waals surface area contributed by atoms with E-state index in [9.17, 15) is 14.7 Å². The Morgan fingerprint density at radius 2 is 2.07 bits per heavy atom. The van der Waals surface area contributed by atoms with E-state index in [4.69, 9.17) is 5.11 Å². The minimum Gasteiger partial charge on any atom is -0.480 e. The van der Waals surface area contributed by atoms with Crippen LogP contribution in [0.4, 0.5) is 0 Å². The van der Waals surface area contributed by atoms with Crippen LogP contribution < -0.4 is 0 Å². The van der Waals surface area contributed by atoms with Crippen LogP contribution in [0.2, 0.25) is 0 Å². The number of hydrogen-bond acceptors (Lipinski definition) is 4. The van der Waals surface area contributed by atoms with Crippen molar-refractivity contribution in [1.29, 1.82) is 0 Å². The largest absolute Gasteiger partial charge is 0.480 e. The van der Waals surface area contributed by atoms with Crippen molar-refractivity contribution >= 4 is 24.5 Å². The number of β-amino-alcohol motifs (C(OH)–C–C–N with tert-alkyl or cyclic N) is 1. The number of aliphatic hydroxyl groups is 1. The number of rotatable bonds is 3. The van der Waals surface area contributed by atoms with Crippen molar-refractivity contribution in [1.82, 2.24) is 4.90 Å². The van der Waals surface area contributed by atoms with Gasteiger partial charge in [0.25, 0.3) is 0 Å². The monoisotopic (exact) mass is 233 g/mol. The van der Waals surface area contributed by atoms with E-state index < -0.39 is 18.1 Å². The molecule has 86 valence electrons. The van der Waals surface area contributed by atoms with E-state index in [2.05, 4.69) is 12.6 Å². The number of hydrogen-bond donors (Lipinski definition) is 3. The molecule has 1 amide bonds. The summed E-state index contributed by atoms with van der Waals surface area (Å²) in [5, 5.41) is 18.3. The van der Waals surface area contributed by atoms with E-state index in [1.165, 1.54) is 4.90 Å². The van der Waals surface area contributed by atoms with Crippen LogP contribution in [0.25, 0.3) is 0 Å². The van der Waals surface area contributed by atoms with Gasteiger partial charge >= 0.3 is 5.97 Å². The summed E-state index contributed by atoms with van der Waals surface area (Å²) in [5.74, 6) is -0.872. The number of piperidine rings is 1. The Labute approximate surface area is 93.5 Å². The molecule has 15 heavy (non-hydrogen) atoms. The molecule has 1 heterocycles. The SMILES string of the molecule is O=C(O)C1CCC(O)CN1C(=O)CCS. The minimum absolute atomic E-state index is 0.115. The van der Waals surface area contributed by atoms with Crippen molar-refractivity contribution in [2.45, 2.75) is 31.4 Å². The fourth-order valence-corrected chi connectivity index (χ4v) is 1.91. The molecule has 2 unspecified atom stereocenters. The molecular weight excluding hydrogens is 218 g/mol. The molecule has 0 aliphatic carbocycles. The summed E-state index contributed by atoms with van der Waals surface area (Å²) in [4.78, 5) is 23.7. The minimum atomic E-state index is -1.01. The van der Waals surface area contributed by atoms with E-state index in [0.717, 1.165) is 0 Å². The van der Waals surface area contributed by atoms with Gasteiger partial charge in [-0.15, -0.1) is 0 Å². The fraction of sp³-hybridized carbons (Fsp3) is 0.778. The molecule has 0 aromatic rings. The summed E-state index contributed by atoms with van der Waals surface area (Å²) in [7, 11) is 0. The number of carboxylic acid groups (broad SMARTS) is 1. The molecule has 2 atom stereocenters. The molecule has 5 nitrogen and oxygen atoms in total. The highest BCUT2D eigenvalue weighted by Crippen LogP contribution is 2.18. The maximum absolute atomic E-state index is 11.6. The summed E-state index contributed by atoms with van der Waals surface area (Å²) < 4.78 is 0. The molecule has 0 saturated carbocycles. The maximum Gasteiger partial charge on any atom is 0.326 e. The molecule has 0 aromatic heterocycles. The quantitative estimate of drug-likeness (QED) is 0.587. The summed E-state index contributed by atoms with van der Waals surface area (Å²) in [6.45, 7) is 0.115. The highest BCUT2D eigenvalue weighted by Gasteiger charge is 2.34. The van der Waals surface area contributed by atoms with Gasteiger partial charge in [-0.1, -0.05) is 0 Å². The molecule has 1 fully saturated rings. The molecule has 0 bridgehead atoms. The highest BCUT2D eigenvalue weighted by atomic mass is 32.1. The topological polar surface area (TPSA) is 77.8 Å². The van der Waals surface area contributed by atoms with E-state index in [0.29, 0.717) is 18.6 Å². The van der Waals surface area contributed by atoms with Crippen molar-refractivity contribution in [2.24, 2.45) is 0 Å². The average molecular weight is 233 g/mol. The Balaban J connectivity index is 2.69. The smallest absolute Gasteiger partial charge is 0.326 e. The van der Waals surface area contributed by atoms with Crippen molar-refractivity contribution in [3.05, 3.63) is 0 Å². The molecule has 1 rings (SSSR count). The van der Waals surface area contributed by atoms with Crippen molar-refractivity contribution in [3.8, 4) is 0 Å². The van der Waals surface area contributed by atoms with Crippen molar-refractivity contribution in [3.63, 3.8) is 0 Å². The molecule has 2 N–H and O–H groups in total. The number of nitrogens with zero attached hydrogens (tertiary/aromatic N) is 1. The zero-order chi connectivity index (χ0) is 11.4. The molecule has 0 spiro atoms. The molecular formula is C9H15NO4S. The fourth-order valence-electron chi connectivity index (χ4n) is 1.72. The van der Waals surface area contributed by atoms with Crippen LogP contribution in [0.15, 0.2) is 0 Å². The zero-order valence-electron chi connectivity index (χ0n) is 8.30. The van der Waals surface area contributed by atoms with Crippen LogP contribution in [0, 0.1) is 0 Å². The summed E-state index contributed by atoms with van der Waals surface area (Å²) in [5.41, 5.74) is 0. The molecule has 0 aromatic carbocycles. The lowest BCUT2D eigenvalue weighted by molar-refractivity contribution is -0.154. The molecule has 1 aliphatic rings. The molecule has 6 heteroatoms. The molecule has 1 aliphatic heterocycles. The second kappa shape index (κ2) is 5.37. The first-order valence-electron chi connectivity index (χ1n) is 4.87. The van der Waals surface area contributed by atoms with Crippen LogP contribution in [0.3, 0.4) is 0 Å². The van der Waals surface area contributed by atoms with Crippen molar-refractivity contribution in [2.75, 3.05) is 12.3 Å². The van der Waals surface area contributed by atoms with E-state index in [1.54, 1.807) is 0 Å². The van der Waals surface area contributed by atoms with Crippen molar-refractivity contribution < 1.29 is 19.8 Å². The van der Waals surface area contributed by atoms with Gasteiger partial charge in [0.15, 0.2) is 0 Å². The summed E-state index contributed by atoms with van der Waals surface area (Å²) in [6.07, 6.45) is 0.347. The highest BCUT2D eigenvalue weighted by molar-refractivity contribution is 7.80. The maximum atomic E-state index is 11.6. The Morgan fingerprint density at radius 1 is 1.40 bits per heavy atom. The lowest BCUT2D eigenvalue weighted by atomic mass is 10.00. The van der Waals surface area contributed by atoms with Gasteiger partial charge in [0, 0.05) is 13.0 Å². The van der Waals surface area contributed by atoms with Crippen LogP contribution in [0.5, 0.6) is 0 Å². The van der Waals surface area contributed by atoms with Crippen LogP contribution in [-0.2, 0) is 9.59 Å². The lowest BCUT2D eigenvalue weighted by Crippen LogP contribution is -2.52. The second-order valence-electron chi connectivity index (χ2n) is 3.60. The van der Waals surface area contributed by atoms with Gasteiger partial charge in [-0.05, 0) is 18.6 Å². The van der Waals surface area contributed by atoms with Crippen LogP contribution >= 0.6 is 12.6 Å². The van der Waals surface area contributed by atoms with E-state index >= 15 is 0 Å². The van der Waals surface area contributed by atoms with Crippen LogP contribution in [-0.4, -0.2) is 51.4 Å². The summed E-state index contributed by atoms with van der Waals surface area (Å²) >= 11 is 3.93. The standard InChI is InChI=1S/C9H15NO4S/c11-6-1-2-7(9(13)14)10(5-6)8(12)3-4-15/h6-7,11,15H,1-5H2,(H,13,14). The average Bonchev–Trinajstić information content (AvgIpc) is 2.17. The van der Waals surface area contributed by atoms with Gasteiger partial charge < -0.3 is 15.1 Å². The van der Waals surface area contributed by atoms with Gasteiger partial charge in [0.1, 0.15) is 6.04 Å². The Kier molecular flexibility index (Phi) is 4.41. The number of aliphatic hydroxyl groups excluding tert-OH is 1. The first kappa shape index (κ1) is 12.3. The number of carbonyl (C=O) groups is 2. The molecule has 0 radical (unpaired) electrons. The Hall–Kier alpha value is -0.750. The number of thiol groups is 1. The first-order chi connectivity index (χ1) is 7.06. The number of amides is 1. The normalized spacial score (nSPS) is 26.4. The third kappa shape index (κ3) is 3.10. The third-order valence-corrected chi connectivity index (χ3v) is 2.71. The predicted molar refractivity (Wildman–Crippen MR) is 56.8 cm³/mol. The molecule has 1 saturated heterocycles.